The maximum atomic E-state index is 13.4. The number of carbonyl (C=O) groups excluding carboxylic acids is 1. The summed E-state index contributed by atoms with van der Waals surface area (Å²) in [5.74, 6) is -0.0816. The average Bonchev–Trinajstić information content (AvgIpc) is 2.74. The number of amides is 1. The van der Waals surface area contributed by atoms with Crippen LogP contribution in [0.4, 0.5) is 4.39 Å². The van der Waals surface area contributed by atoms with Gasteiger partial charge in [0.05, 0.1) is 10.5 Å². The molecule has 0 saturated carbocycles. The number of carbonyl (C=O) groups is 1. The molecule has 1 heterocycles. The molecule has 1 saturated heterocycles. The summed E-state index contributed by atoms with van der Waals surface area (Å²) >= 11 is 1.31. The molecule has 1 aliphatic heterocycles. The highest BCUT2D eigenvalue weighted by molar-refractivity contribution is 7.99. The van der Waals surface area contributed by atoms with Crippen LogP contribution in [0.2, 0.25) is 0 Å². The van der Waals surface area contributed by atoms with Gasteiger partial charge in [-0.25, -0.2) is 12.8 Å². The zero-order valence-corrected chi connectivity index (χ0v) is 20.6. The van der Waals surface area contributed by atoms with E-state index in [1.54, 1.807) is 24.3 Å². The molecule has 3 atom stereocenters. The standard InChI is InChI=1S/C24H31FN2O3S2/c1-5-18(4)26-24(28)22-13-21(32(29,30)27-14-16(2)12-17(3)15-27)10-11-23(22)31-20-8-6-19(25)7-9-20/h6-11,13,16-18H,5,12,14-15H2,1-4H3,(H,26,28)/t16-,17+,18-/m0/s1. The maximum Gasteiger partial charge on any atom is 0.252 e. The molecule has 0 spiro atoms. The van der Waals surface area contributed by atoms with E-state index < -0.39 is 10.0 Å². The lowest BCUT2D eigenvalue weighted by atomic mass is 9.94. The molecule has 1 fully saturated rings. The SMILES string of the molecule is CC[C@H](C)NC(=O)c1cc(S(=O)(=O)N2C[C@H](C)C[C@H](C)C2)ccc1Sc1ccc(F)cc1. The monoisotopic (exact) mass is 478 g/mol. The Kier molecular flexibility index (Phi) is 8.01. The lowest BCUT2D eigenvalue weighted by molar-refractivity contribution is 0.0936. The van der Waals surface area contributed by atoms with Gasteiger partial charge in [0.15, 0.2) is 0 Å². The van der Waals surface area contributed by atoms with Gasteiger partial charge in [0.2, 0.25) is 10.0 Å². The third-order valence-electron chi connectivity index (χ3n) is 5.70. The molecule has 2 aromatic rings. The predicted molar refractivity (Wildman–Crippen MR) is 126 cm³/mol. The average molecular weight is 479 g/mol. The normalized spacial score (nSPS) is 20.7. The molecule has 2 aromatic carbocycles. The lowest BCUT2D eigenvalue weighted by Crippen LogP contribution is -2.42. The van der Waals surface area contributed by atoms with Gasteiger partial charge in [-0.05, 0) is 74.1 Å². The number of benzene rings is 2. The van der Waals surface area contributed by atoms with E-state index in [1.165, 1.54) is 34.3 Å². The Bertz CT molecular complexity index is 1050. The van der Waals surface area contributed by atoms with Gasteiger partial charge in [-0.2, -0.15) is 4.31 Å². The quantitative estimate of drug-likeness (QED) is 0.596. The van der Waals surface area contributed by atoms with E-state index in [0.717, 1.165) is 17.7 Å². The highest BCUT2D eigenvalue weighted by Gasteiger charge is 2.32. The van der Waals surface area contributed by atoms with Gasteiger partial charge in [0.1, 0.15) is 5.82 Å². The van der Waals surface area contributed by atoms with Crippen molar-refractivity contribution in [1.82, 2.24) is 9.62 Å². The summed E-state index contributed by atoms with van der Waals surface area (Å²) in [6.07, 6.45) is 1.76. The summed E-state index contributed by atoms with van der Waals surface area (Å²) < 4.78 is 41.6. The van der Waals surface area contributed by atoms with E-state index in [4.69, 9.17) is 0 Å². The molecule has 0 aliphatic carbocycles. The van der Waals surface area contributed by atoms with Crippen LogP contribution in [-0.2, 0) is 10.0 Å². The van der Waals surface area contributed by atoms with Gasteiger partial charge < -0.3 is 5.32 Å². The van der Waals surface area contributed by atoms with Crippen molar-refractivity contribution < 1.29 is 17.6 Å². The Morgan fingerprint density at radius 3 is 2.38 bits per heavy atom. The smallest absolute Gasteiger partial charge is 0.252 e. The van der Waals surface area contributed by atoms with Crippen LogP contribution in [0.5, 0.6) is 0 Å². The fraction of sp³-hybridized carbons (Fsp3) is 0.458. The van der Waals surface area contributed by atoms with Crippen LogP contribution in [0.3, 0.4) is 0 Å². The minimum absolute atomic E-state index is 0.0461. The number of hydrogen-bond acceptors (Lipinski definition) is 4. The molecule has 1 N–H and O–H groups in total. The largest absolute Gasteiger partial charge is 0.350 e. The van der Waals surface area contributed by atoms with Crippen molar-refractivity contribution in [3.63, 3.8) is 0 Å². The summed E-state index contributed by atoms with van der Waals surface area (Å²) in [6, 6.07) is 10.7. The van der Waals surface area contributed by atoms with E-state index in [1.807, 2.05) is 13.8 Å². The van der Waals surface area contributed by atoms with Crippen LogP contribution in [0.15, 0.2) is 57.2 Å². The first-order chi connectivity index (χ1) is 15.1. The molecule has 0 bridgehead atoms. The maximum absolute atomic E-state index is 13.4. The Morgan fingerprint density at radius 1 is 1.16 bits per heavy atom. The third-order valence-corrected chi connectivity index (χ3v) is 8.61. The van der Waals surface area contributed by atoms with Gasteiger partial charge in [0, 0.05) is 28.9 Å². The van der Waals surface area contributed by atoms with Crippen LogP contribution in [0.1, 0.15) is 50.9 Å². The first-order valence-corrected chi connectivity index (χ1v) is 13.2. The Labute approximate surface area is 194 Å². The minimum Gasteiger partial charge on any atom is -0.350 e. The third kappa shape index (κ3) is 5.91. The second-order valence-electron chi connectivity index (χ2n) is 8.76. The van der Waals surface area contributed by atoms with Gasteiger partial charge in [-0.15, -0.1) is 0 Å². The fourth-order valence-electron chi connectivity index (χ4n) is 3.92. The number of rotatable bonds is 7. The number of nitrogens with one attached hydrogen (secondary N) is 1. The van der Waals surface area contributed by atoms with Crippen molar-refractivity contribution in [3.05, 3.63) is 53.8 Å². The molecule has 174 valence electrons. The predicted octanol–water partition coefficient (Wildman–Crippen LogP) is 5.17. The zero-order chi connectivity index (χ0) is 23.5. The molecule has 1 aliphatic rings. The van der Waals surface area contributed by atoms with E-state index in [2.05, 4.69) is 19.2 Å². The van der Waals surface area contributed by atoms with Crippen LogP contribution >= 0.6 is 11.8 Å². The molecule has 8 heteroatoms. The van der Waals surface area contributed by atoms with Gasteiger partial charge >= 0.3 is 0 Å². The molecule has 5 nitrogen and oxygen atoms in total. The first kappa shape index (κ1) is 24.7. The number of hydrogen-bond donors (Lipinski definition) is 1. The van der Waals surface area contributed by atoms with E-state index in [-0.39, 0.29) is 34.5 Å². The van der Waals surface area contributed by atoms with E-state index in [0.29, 0.717) is 23.5 Å². The van der Waals surface area contributed by atoms with Crippen molar-refractivity contribution in [2.24, 2.45) is 11.8 Å². The number of sulfonamides is 1. The molecule has 1 amide bonds. The van der Waals surface area contributed by atoms with Crippen LogP contribution in [0, 0.1) is 17.7 Å². The lowest BCUT2D eigenvalue weighted by Gasteiger charge is -2.34. The van der Waals surface area contributed by atoms with Crippen LogP contribution in [0.25, 0.3) is 0 Å². The molecule has 0 unspecified atom stereocenters. The van der Waals surface area contributed by atoms with Crippen LogP contribution in [-0.4, -0.2) is 37.8 Å². The Hall–Kier alpha value is -1.90. The minimum atomic E-state index is -3.72. The van der Waals surface area contributed by atoms with Crippen molar-refractivity contribution in [2.45, 2.75) is 61.3 Å². The molecule has 32 heavy (non-hydrogen) atoms. The van der Waals surface area contributed by atoms with E-state index in [9.17, 15) is 17.6 Å². The van der Waals surface area contributed by atoms with Crippen LogP contribution < -0.4 is 5.32 Å². The van der Waals surface area contributed by atoms with Crippen molar-refractivity contribution >= 4 is 27.7 Å². The molecule has 0 radical (unpaired) electrons. The summed E-state index contributed by atoms with van der Waals surface area (Å²) in [7, 11) is -3.72. The highest BCUT2D eigenvalue weighted by Crippen LogP contribution is 2.34. The summed E-state index contributed by atoms with van der Waals surface area (Å²) in [6.45, 7) is 8.96. The number of nitrogens with zero attached hydrogens (tertiary/aromatic N) is 1. The van der Waals surface area contributed by atoms with Gasteiger partial charge in [-0.1, -0.05) is 32.5 Å². The van der Waals surface area contributed by atoms with Gasteiger partial charge in [-0.3, -0.25) is 4.79 Å². The first-order valence-electron chi connectivity index (χ1n) is 11.0. The molecular formula is C24H31FN2O3S2. The highest BCUT2D eigenvalue weighted by atomic mass is 32.2. The van der Waals surface area contributed by atoms with Crippen molar-refractivity contribution in [1.29, 1.82) is 0 Å². The summed E-state index contributed by atoms with van der Waals surface area (Å²) in [4.78, 5) is 14.6. The molecule has 0 aromatic heterocycles. The Morgan fingerprint density at radius 2 is 1.78 bits per heavy atom. The van der Waals surface area contributed by atoms with Crippen molar-refractivity contribution in [2.75, 3.05) is 13.1 Å². The topological polar surface area (TPSA) is 66.5 Å². The van der Waals surface area contributed by atoms with E-state index >= 15 is 0 Å². The molecular weight excluding hydrogens is 447 g/mol. The second-order valence-corrected chi connectivity index (χ2v) is 11.8. The second kappa shape index (κ2) is 10.4. The molecule has 3 rings (SSSR count). The fourth-order valence-corrected chi connectivity index (χ4v) is 6.55. The number of piperidine rings is 1. The van der Waals surface area contributed by atoms with Gasteiger partial charge in [0.25, 0.3) is 5.91 Å². The van der Waals surface area contributed by atoms with Crippen molar-refractivity contribution in [3.8, 4) is 0 Å². The number of halogens is 1. The zero-order valence-electron chi connectivity index (χ0n) is 19.0. The summed E-state index contributed by atoms with van der Waals surface area (Å²) in [5.41, 5.74) is 0.304. The Balaban J connectivity index is 1.98. The summed E-state index contributed by atoms with van der Waals surface area (Å²) in [5, 5.41) is 2.93.